The number of imide groups is 1. The molecule has 0 N–H and O–H groups in total. The first-order valence-corrected chi connectivity index (χ1v) is 10.6. The Morgan fingerprint density at radius 3 is 2.47 bits per heavy atom. The van der Waals surface area contributed by atoms with Gasteiger partial charge in [0.15, 0.2) is 11.5 Å². The molecule has 1 fully saturated rings. The number of ether oxygens (including phenoxy) is 3. The molecule has 0 saturated carbocycles. The fourth-order valence-electron chi connectivity index (χ4n) is 4.08. The molecule has 0 aliphatic carbocycles. The van der Waals surface area contributed by atoms with Crippen LogP contribution in [0.25, 0.3) is 5.57 Å². The third-order valence-corrected chi connectivity index (χ3v) is 5.56. The second kappa shape index (κ2) is 9.51. The number of amides is 2. The molecule has 1 unspecified atom stereocenters. The van der Waals surface area contributed by atoms with Crippen LogP contribution in [0.3, 0.4) is 0 Å². The summed E-state index contributed by atoms with van der Waals surface area (Å²) in [5.41, 5.74) is 1.58. The molecule has 2 heterocycles. The molecule has 7 nitrogen and oxygen atoms in total. The summed E-state index contributed by atoms with van der Waals surface area (Å²) >= 11 is 0. The molecule has 0 spiro atoms. The maximum Gasteiger partial charge on any atom is 0.277 e. The van der Waals surface area contributed by atoms with Crippen LogP contribution in [-0.2, 0) is 14.3 Å². The predicted octanol–water partition coefficient (Wildman–Crippen LogP) is 2.94. The normalized spacial score (nSPS) is 19.9. The molecular weight excluding hydrogens is 384 g/mol. The van der Waals surface area contributed by atoms with Crippen molar-refractivity contribution in [3.63, 3.8) is 0 Å². The lowest BCUT2D eigenvalue weighted by atomic mass is 9.97. The van der Waals surface area contributed by atoms with Crippen molar-refractivity contribution in [2.45, 2.75) is 39.7 Å². The highest BCUT2D eigenvalue weighted by Crippen LogP contribution is 2.37. The van der Waals surface area contributed by atoms with Crippen molar-refractivity contribution >= 4 is 17.4 Å². The molecule has 0 radical (unpaired) electrons. The van der Waals surface area contributed by atoms with E-state index in [2.05, 4.69) is 11.8 Å². The van der Waals surface area contributed by atoms with Crippen molar-refractivity contribution in [3.8, 4) is 11.5 Å². The van der Waals surface area contributed by atoms with E-state index < -0.39 is 0 Å². The van der Waals surface area contributed by atoms with Gasteiger partial charge < -0.3 is 19.1 Å². The molecule has 1 aromatic rings. The van der Waals surface area contributed by atoms with E-state index in [4.69, 9.17) is 14.2 Å². The second-order valence-electron chi connectivity index (χ2n) is 8.17. The maximum atomic E-state index is 13.4. The molecule has 7 heteroatoms. The van der Waals surface area contributed by atoms with Crippen LogP contribution >= 0.6 is 0 Å². The summed E-state index contributed by atoms with van der Waals surface area (Å²) in [7, 11) is 3.12. The standard InChI is InChI=1S/C23H32N2O5/c1-15(2)30-12-11-25-22(26)20(17-8-9-18(28-4)19(13-17)29-5)21(23(25)27)24-10-6-7-16(3)14-24/h8-9,13,15-16H,6-7,10-12,14H2,1-5H3. The van der Waals surface area contributed by atoms with E-state index in [0.717, 1.165) is 25.9 Å². The molecule has 164 valence electrons. The fraction of sp³-hybridized carbons (Fsp3) is 0.565. The van der Waals surface area contributed by atoms with Gasteiger partial charge in [-0.2, -0.15) is 0 Å². The van der Waals surface area contributed by atoms with Gasteiger partial charge in [-0.05, 0) is 50.3 Å². The Morgan fingerprint density at radius 2 is 1.83 bits per heavy atom. The molecule has 0 aromatic heterocycles. The smallest absolute Gasteiger partial charge is 0.277 e. The van der Waals surface area contributed by atoms with Crippen molar-refractivity contribution in [2.24, 2.45) is 5.92 Å². The molecule has 1 aromatic carbocycles. The minimum Gasteiger partial charge on any atom is -0.493 e. The summed E-state index contributed by atoms with van der Waals surface area (Å²) < 4.78 is 16.3. The Labute approximate surface area is 178 Å². The van der Waals surface area contributed by atoms with Gasteiger partial charge in [-0.25, -0.2) is 0 Å². The summed E-state index contributed by atoms with van der Waals surface area (Å²) in [4.78, 5) is 30.1. The Kier molecular flexibility index (Phi) is 7.02. The zero-order valence-corrected chi connectivity index (χ0v) is 18.6. The van der Waals surface area contributed by atoms with Crippen LogP contribution in [-0.4, -0.2) is 68.2 Å². The third kappa shape index (κ3) is 4.46. The average molecular weight is 417 g/mol. The highest BCUT2D eigenvalue weighted by atomic mass is 16.5. The first-order valence-electron chi connectivity index (χ1n) is 10.6. The zero-order valence-electron chi connectivity index (χ0n) is 18.6. The Hall–Kier alpha value is -2.54. The van der Waals surface area contributed by atoms with Crippen LogP contribution in [0.2, 0.25) is 0 Å². The van der Waals surface area contributed by atoms with Gasteiger partial charge in [-0.3, -0.25) is 14.5 Å². The van der Waals surface area contributed by atoms with Crippen molar-refractivity contribution in [2.75, 3.05) is 40.5 Å². The summed E-state index contributed by atoms with van der Waals surface area (Å²) in [5.74, 6) is 1.04. The van der Waals surface area contributed by atoms with Crippen LogP contribution in [0, 0.1) is 5.92 Å². The van der Waals surface area contributed by atoms with Crippen LogP contribution in [0.5, 0.6) is 11.5 Å². The van der Waals surface area contributed by atoms with Gasteiger partial charge in [0.05, 0.1) is 39.0 Å². The Morgan fingerprint density at radius 1 is 1.10 bits per heavy atom. The maximum absolute atomic E-state index is 13.4. The summed E-state index contributed by atoms with van der Waals surface area (Å²) in [6, 6.07) is 5.34. The number of benzene rings is 1. The lowest BCUT2D eigenvalue weighted by Gasteiger charge is -2.33. The SMILES string of the molecule is COc1ccc(C2=C(N3CCCC(C)C3)C(=O)N(CCOC(C)C)C2=O)cc1OC. The van der Waals surface area contributed by atoms with Crippen LogP contribution in [0.1, 0.15) is 39.2 Å². The summed E-state index contributed by atoms with van der Waals surface area (Å²) in [6.07, 6.45) is 2.17. The molecule has 0 bridgehead atoms. The summed E-state index contributed by atoms with van der Waals surface area (Å²) in [6.45, 7) is 8.13. The summed E-state index contributed by atoms with van der Waals surface area (Å²) in [5, 5.41) is 0. The van der Waals surface area contributed by atoms with E-state index in [-0.39, 0.29) is 24.5 Å². The molecule has 2 aliphatic rings. The first kappa shape index (κ1) is 22.2. The van der Waals surface area contributed by atoms with E-state index in [1.165, 1.54) is 4.90 Å². The molecule has 2 amide bonds. The van der Waals surface area contributed by atoms with E-state index in [9.17, 15) is 9.59 Å². The van der Waals surface area contributed by atoms with Crippen molar-refractivity contribution in [1.82, 2.24) is 9.80 Å². The van der Waals surface area contributed by atoms with Crippen LogP contribution in [0.15, 0.2) is 23.9 Å². The van der Waals surface area contributed by atoms with Crippen molar-refractivity contribution in [1.29, 1.82) is 0 Å². The quantitative estimate of drug-likeness (QED) is 0.607. The van der Waals surface area contributed by atoms with Crippen LogP contribution < -0.4 is 9.47 Å². The number of likely N-dealkylation sites (tertiary alicyclic amines) is 1. The minimum atomic E-state index is -0.284. The highest BCUT2D eigenvalue weighted by Gasteiger charge is 2.42. The molecular formula is C23H32N2O5. The van der Waals surface area contributed by atoms with Gasteiger partial charge in [-0.15, -0.1) is 0 Å². The number of piperidine rings is 1. The Balaban J connectivity index is 2.01. The van der Waals surface area contributed by atoms with Gasteiger partial charge in [-0.1, -0.05) is 13.0 Å². The second-order valence-corrected chi connectivity index (χ2v) is 8.17. The lowest BCUT2D eigenvalue weighted by Crippen LogP contribution is -2.40. The molecule has 1 saturated heterocycles. The number of rotatable bonds is 8. The number of hydrogen-bond acceptors (Lipinski definition) is 6. The predicted molar refractivity (Wildman–Crippen MR) is 114 cm³/mol. The van der Waals surface area contributed by atoms with E-state index in [0.29, 0.717) is 40.9 Å². The first-order chi connectivity index (χ1) is 14.4. The van der Waals surface area contributed by atoms with E-state index in [1.54, 1.807) is 26.4 Å². The number of hydrogen-bond donors (Lipinski definition) is 0. The molecule has 2 aliphatic heterocycles. The Bertz CT molecular complexity index is 833. The van der Waals surface area contributed by atoms with Gasteiger partial charge in [0.1, 0.15) is 5.70 Å². The lowest BCUT2D eigenvalue weighted by molar-refractivity contribution is -0.138. The number of nitrogens with zero attached hydrogens (tertiary/aromatic N) is 2. The fourth-order valence-corrected chi connectivity index (χ4v) is 4.08. The monoisotopic (exact) mass is 416 g/mol. The number of carbonyl (C=O) groups excluding carboxylic acids is 2. The number of methoxy groups -OCH3 is 2. The van der Waals surface area contributed by atoms with Crippen molar-refractivity contribution < 1.29 is 23.8 Å². The molecule has 30 heavy (non-hydrogen) atoms. The topological polar surface area (TPSA) is 68.3 Å². The highest BCUT2D eigenvalue weighted by molar-refractivity contribution is 6.35. The van der Waals surface area contributed by atoms with E-state index in [1.807, 2.05) is 19.9 Å². The molecule has 1 atom stereocenters. The average Bonchev–Trinajstić information content (AvgIpc) is 2.97. The minimum absolute atomic E-state index is 0.0403. The molecule has 3 rings (SSSR count). The van der Waals surface area contributed by atoms with Gasteiger partial charge in [0.2, 0.25) is 0 Å². The van der Waals surface area contributed by atoms with Gasteiger partial charge in [0, 0.05) is 13.1 Å². The van der Waals surface area contributed by atoms with Gasteiger partial charge in [0.25, 0.3) is 11.8 Å². The third-order valence-electron chi connectivity index (χ3n) is 5.56. The largest absolute Gasteiger partial charge is 0.493 e. The van der Waals surface area contributed by atoms with Crippen molar-refractivity contribution in [3.05, 3.63) is 29.5 Å². The zero-order chi connectivity index (χ0) is 21.8. The van der Waals surface area contributed by atoms with Crippen LogP contribution in [0.4, 0.5) is 0 Å². The van der Waals surface area contributed by atoms with E-state index >= 15 is 0 Å². The number of carbonyl (C=O) groups is 2. The van der Waals surface area contributed by atoms with Gasteiger partial charge >= 0.3 is 0 Å².